The summed E-state index contributed by atoms with van der Waals surface area (Å²) in [5.41, 5.74) is 13.9. The molecule has 0 unspecified atom stereocenters. The first-order valence-corrected chi connectivity index (χ1v) is 13.4. The first-order chi connectivity index (χ1) is 18.7. The lowest BCUT2D eigenvalue weighted by atomic mass is 9.98. The van der Waals surface area contributed by atoms with Gasteiger partial charge >= 0.3 is 0 Å². The number of rotatable bonds is 9. The van der Waals surface area contributed by atoms with Crippen LogP contribution in [0.15, 0.2) is 36.4 Å². The number of primary amides is 1. The van der Waals surface area contributed by atoms with E-state index in [4.69, 9.17) is 20.9 Å². The lowest BCUT2D eigenvalue weighted by Crippen LogP contribution is -2.46. The molecule has 5 N–H and O–H groups in total. The van der Waals surface area contributed by atoms with Crippen molar-refractivity contribution in [1.82, 2.24) is 9.69 Å². The number of methoxy groups -OCH3 is 2. The molecule has 0 radical (unpaired) electrons. The maximum atomic E-state index is 14.4. The molecule has 10 nitrogen and oxygen atoms in total. The second kappa shape index (κ2) is 11.7. The zero-order chi connectivity index (χ0) is 28.3. The number of nitrogens with two attached hydrogens (primary N) is 2. The number of ether oxygens (including phenoxy) is 2. The van der Waals surface area contributed by atoms with E-state index in [-0.39, 0.29) is 28.2 Å². The average molecular weight is 552 g/mol. The molecule has 3 aromatic rings. The van der Waals surface area contributed by atoms with Crippen LogP contribution in [0, 0.1) is 13.8 Å². The van der Waals surface area contributed by atoms with Crippen LogP contribution in [0.1, 0.15) is 68.6 Å². The molecule has 11 heteroatoms. The number of carbonyl (C=O) groups is 3. The molecule has 0 aliphatic heterocycles. The van der Waals surface area contributed by atoms with Gasteiger partial charge in [0.05, 0.1) is 19.9 Å². The van der Waals surface area contributed by atoms with Gasteiger partial charge in [-0.2, -0.15) is 4.37 Å². The number of amides is 3. The lowest BCUT2D eigenvalue weighted by molar-refractivity contribution is -0.123. The lowest BCUT2D eigenvalue weighted by Gasteiger charge is -2.34. The summed E-state index contributed by atoms with van der Waals surface area (Å²) in [5, 5.41) is 3.15. The predicted octanol–water partition coefficient (Wildman–Crippen LogP) is 3.91. The maximum Gasteiger partial charge on any atom is 0.273 e. The molecule has 1 atom stereocenters. The third kappa shape index (κ3) is 5.68. The molecule has 0 saturated heterocycles. The van der Waals surface area contributed by atoms with Crippen molar-refractivity contribution in [3.63, 3.8) is 0 Å². The Labute approximate surface area is 231 Å². The molecule has 1 heterocycles. The average Bonchev–Trinajstić information content (AvgIpc) is 3.57. The molecule has 0 spiro atoms. The van der Waals surface area contributed by atoms with Gasteiger partial charge in [0.25, 0.3) is 11.8 Å². The first-order valence-electron chi connectivity index (χ1n) is 12.6. The van der Waals surface area contributed by atoms with Crippen molar-refractivity contribution in [2.45, 2.75) is 51.6 Å². The van der Waals surface area contributed by atoms with E-state index in [0.29, 0.717) is 22.7 Å². The second-order valence-electron chi connectivity index (χ2n) is 9.60. The van der Waals surface area contributed by atoms with Crippen LogP contribution in [0.2, 0.25) is 0 Å². The van der Waals surface area contributed by atoms with Crippen molar-refractivity contribution in [2.75, 3.05) is 24.9 Å². The van der Waals surface area contributed by atoms with Crippen LogP contribution in [0.5, 0.6) is 11.5 Å². The Morgan fingerprint density at radius 3 is 2.41 bits per heavy atom. The van der Waals surface area contributed by atoms with Gasteiger partial charge in [0.15, 0.2) is 5.69 Å². The number of anilines is 2. The van der Waals surface area contributed by atoms with Gasteiger partial charge in [0.1, 0.15) is 22.4 Å². The molecule has 1 saturated carbocycles. The van der Waals surface area contributed by atoms with Crippen molar-refractivity contribution < 1.29 is 23.9 Å². The number of aryl methyl sites for hydroxylation is 2. The van der Waals surface area contributed by atoms with Crippen LogP contribution in [0.25, 0.3) is 0 Å². The summed E-state index contributed by atoms with van der Waals surface area (Å²) in [6.07, 6.45) is 3.75. The Kier molecular flexibility index (Phi) is 8.39. The minimum absolute atomic E-state index is 0.00485. The fraction of sp³-hybridized carbons (Fsp3) is 0.357. The summed E-state index contributed by atoms with van der Waals surface area (Å²) in [4.78, 5) is 41.9. The van der Waals surface area contributed by atoms with Gasteiger partial charge in [-0.1, -0.05) is 25.0 Å². The summed E-state index contributed by atoms with van der Waals surface area (Å²) in [5.74, 6) is -0.915. The summed E-state index contributed by atoms with van der Waals surface area (Å²) < 4.78 is 15.2. The molecule has 0 bridgehead atoms. The Hall–Kier alpha value is -4.12. The Balaban J connectivity index is 1.97. The van der Waals surface area contributed by atoms with Gasteiger partial charge in [-0.15, -0.1) is 0 Å². The molecule has 1 aliphatic rings. The molecule has 2 aromatic carbocycles. The van der Waals surface area contributed by atoms with E-state index in [2.05, 4.69) is 9.69 Å². The highest BCUT2D eigenvalue weighted by atomic mass is 32.1. The Morgan fingerprint density at radius 1 is 1.08 bits per heavy atom. The molecule has 39 heavy (non-hydrogen) atoms. The van der Waals surface area contributed by atoms with E-state index in [1.54, 1.807) is 18.2 Å². The number of hydrogen-bond donors (Lipinski definition) is 3. The van der Waals surface area contributed by atoms with Gasteiger partial charge in [0.2, 0.25) is 5.91 Å². The van der Waals surface area contributed by atoms with Crippen molar-refractivity contribution in [3.05, 3.63) is 63.7 Å². The van der Waals surface area contributed by atoms with Crippen LogP contribution < -0.4 is 31.2 Å². The molecular formula is C28H33N5O5S. The molecule has 1 fully saturated rings. The molecule has 1 aliphatic carbocycles. The summed E-state index contributed by atoms with van der Waals surface area (Å²) in [6.45, 7) is 3.76. The van der Waals surface area contributed by atoms with Crippen LogP contribution in [-0.4, -0.2) is 42.4 Å². The van der Waals surface area contributed by atoms with E-state index in [1.807, 2.05) is 32.0 Å². The number of aromatic nitrogens is 1. The van der Waals surface area contributed by atoms with Crippen LogP contribution in [0.4, 0.5) is 11.4 Å². The highest BCUT2D eigenvalue weighted by Crippen LogP contribution is 2.39. The highest BCUT2D eigenvalue weighted by molar-refractivity contribution is 7.09. The van der Waals surface area contributed by atoms with Crippen LogP contribution in [0.3, 0.4) is 0 Å². The molecular weight excluding hydrogens is 518 g/mol. The Morgan fingerprint density at radius 2 is 1.79 bits per heavy atom. The van der Waals surface area contributed by atoms with E-state index in [0.717, 1.165) is 48.3 Å². The standard InChI is InChI=1S/C28H33N5O5S/c1-15-9-10-16(2)20(13-15)33(28(36)25-22(29)23(26(30)34)32-39-25)24(27(35)31-17-7-5-6-8-17)19-14-18(37-3)11-12-21(19)38-4/h9-14,17,24H,5-8,29H2,1-4H3,(H2,30,34)(H,31,35)/t24-/m0/s1. The van der Waals surface area contributed by atoms with Crippen molar-refractivity contribution in [3.8, 4) is 11.5 Å². The summed E-state index contributed by atoms with van der Waals surface area (Å²) >= 11 is 0.766. The van der Waals surface area contributed by atoms with Crippen LogP contribution >= 0.6 is 11.5 Å². The Bertz CT molecular complexity index is 1400. The predicted molar refractivity (Wildman–Crippen MR) is 150 cm³/mol. The molecule has 4 rings (SSSR count). The molecule has 1 aromatic heterocycles. The summed E-state index contributed by atoms with van der Waals surface area (Å²) in [7, 11) is 3.03. The van der Waals surface area contributed by atoms with Gasteiger partial charge in [-0.25, -0.2) is 0 Å². The quantitative estimate of drug-likeness (QED) is 0.365. The highest BCUT2D eigenvalue weighted by Gasteiger charge is 2.39. The van der Waals surface area contributed by atoms with Gasteiger partial charge < -0.3 is 26.3 Å². The number of nitrogens with one attached hydrogen (secondary N) is 1. The number of nitrogens with zero attached hydrogens (tertiary/aromatic N) is 2. The smallest absolute Gasteiger partial charge is 0.273 e. The largest absolute Gasteiger partial charge is 0.497 e. The third-order valence-electron chi connectivity index (χ3n) is 6.94. The zero-order valence-electron chi connectivity index (χ0n) is 22.4. The van der Waals surface area contributed by atoms with Crippen molar-refractivity contribution in [1.29, 1.82) is 0 Å². The minimum Gasteiger partial charge on any atom is -0.497 e. The van der Waals surface area contributed by atoms with E-state index >= 15 is 0 Å². The monoisotopic (exact) mass is 551 g/mol. The molecule has 3 amide bonds. The third-order valence-corrected chi connectivity index (χ3v) is 7.79. The number of carbonyl (C=O) groups excluding carboxylic acids is 3. The summed E-state index contributed by atoms with van der Waals surface area (Å²) in [6, 6.07) is 9.57. The van der Waals surface area contributed by atoms with E-state index < -0.39 is 17.9 Å². The number of nitrogen functional groups attached to an aromatic ring is 1. The topological polar surface area (TPSA) is 150 Å². The normalized spacial score (nSPS) is 14.1. The first kappa shape index (κ1) is 27.9. The SMILES string of the molecule is COc1ccc(OC)c([C@@H](C(=O)NC2CCCC2)N(C(=O)c2snc(C(N)=O)c2N)c2cc(C)ccc2C)c1. The van der Waals surface area contributed by atoms with Gasteiger partial charge in [0, 0.05) is 17.3 Å². The van der Waals surface area contributed by atoms with E-state index in [9.17, 15) is 14.4 Å². The van der Waals surface area contributed by atoms with Gasteiger partial charge in [-0.3, -0.25) is 19.3 Å². The van der Waals surface area contributed by atoms with Gasteiger partial charge in [-0.05, 0) is 73.6 Å². The maximum absolute atomic E-state index is 14.4. The van der Waals surface area contributed by atoms with E-state index in [1.165, 1.54) is 19.1 Å². The fourth-order valence-corrected chi connectivity index (χ4v) is 5.63. The second-order valence-corrected chi connectivity index (χ2v) is 10.4. The van der Waals surface area contributed by atoms with Crippen molar-refractivity contribution in [2.24, 2.45) is 5.73 Å². The minimum atomic E-state index is -1.16. The number of hydrogen-bond acceptors (Lipinski definition) is 8. The fourth-order valence-electron chi connectivity index (χ4n) is 4.88. The zero-order valence-corrected chi connectivity index (χ0v) is 23.3. The number of benzene rings is 2. The van der Waals surface area contributed by atoms with Crippen molar-refractivity contribution >= 4 is 40.6 Å². The molecule has 206 valence electrons. The van der Waals surface area contributed by atoms with Crippen LogP contribution in [-0.2, 0) is 4.79 Å².